The number of carbonyl (C=O) groups excluding carboxylic acids is 1. The zero-order valence-corrected chi connectivity index (χ0v) is 14.7. The monoisotopic (exact) mass is 345 g/mol. The molecule has 1 saturated carbocycles. The molecule has 4 rings (SSSR count). The summed E-state index contributed by atoms with van der Waals surface area (Å²) >= 11 is 1.72. The highest BCUT2D eigenvalue weighted by Crippen LogP contribution is 2.38. The van der Waals surface area contributed by atoms with Crippen molar-refractivity contribution in [3.63, 3.8) is 0 Å². The van der Waals surface area contributed by atoms with Gasteiger partial charge in [-0.1, -0.05) is 0 Å². The molecule has 0 aromatic carbocycles. The maximum absolute atomic E-state index is 12.9. The number of hydrogen-bond acceptors (Lipinski definition) is 4. The second-order valence-electron chi connectivity index (χ2n) is 7.04. The first kappa shape index (κ1) is 15.8. The molecule has 2 aromatic rings. The maximum atomic E-state index is 12.9. The minimum absolute atomic E-state index is 0.0182. The van der Waals surface area contributed by atoms with Crippen LogP contribution in [0.4, 0.5) is 0 Å². The molecule has 0 saturated heterocycles. The SMILES string of the molecule is Cn1cc(C(NC(=O)c2csc3c2CCCC3)C2CC(O)C2)cn1. The van der Waals surface area contributed by atoms with Gasteiger partial charge < -0.3 is 10.4 Å². The Balaban J connectivity index is 1.56. The predicted molar refractivity (Wildman–Crippen MR) is 93.1 cm³/mol. The highest BCUT2D eigenvalue weighted by molar-refractivity contribution is 7.10. The van der Waals surface area contributed by atoms with Gasteiger partial charge in [0, 0.05) is 29.1 Å². The first-order valence-corrected chi connectivity index (χ1v) is 9.56. The first-order chi connectivity index (χ1) is 11.6. The van der Waals surface area contributed by atoms with E-state index in [1.165, 1.54) is 23.3 Å². The van der Waals surface area contributed by atoms with Gasteiger partial charge in [-0.15, -0.1) is 11.3 Å². The van der Waals surface area contributed by atoms with Crippen molar-refractivity contribution < 1.29 is 9.90 Å². The third-order valence-electron chi connectivity index (χ3n) is 5.30. The van der Waals surface area contributed by atoms with Crippen molar-refractivity contribution in [2.24, 2.45) is 13.0 Å². The average molecular weight is 345 g/mol. The molecule has 5 nitrogen and oxygen atoms in total. The summed E-state index contributed by atoms with van der Waals surface area (Å²) in [6.45, 7) is 0. The Morgan fingerprint density at radius 3 is 2.92 bits per heavy atom. The number of fused-ring (bicyclic) bond motifs is 1. The van der Waals surface area contributed by atoms with Gasteiger partial charge in [-0.3, -0.25) is 9.48 Å². The lowest BCUT2D eigenvalue weighted by Gasteiger charge is -2.37. The molecular weight excluding hydrogens is 322 g/mol. The molecule has 1 amide bonds. The van der Waals surface area contributed by atoms with E-state index in [9.17, 15) is 9.90 Å². The van der Waals surface area contributed by atoms with Crippen LogP contribution in [0.3, 0.4) is 0 Å². The Hall–Kier alpha value is -1.66. The van der Waals surface area contributed by atoms with Crippen molar-refractivity contribution in [2.75, 3.05) is 0 Å². The van der Waals surface area contributed by atoms with E-state index in [0.717, 1.165) is 36.8 Å². The lowest BCUT2D eigenvalue weighted by Crippen LogP contribution is -2.41. The van der Waals surface area contributed by atoms with Gasteiger partial charge in [0.2, 0.25) is 0 Å². The summed E-state index contributed by atoms with van der Waals surface area (Å²) in [5.74, 6) is 0.298. The fourth-order valence-corrected chi connectivity index (χ4v) is 5.01. The number of thiophene rings is 1. The van der Waals surface area contributed by atoms with E-state index in [-0.39, 0.29) is 24.0 Å². The molecule has 1 atom stereocenters. The molecule has 1 fully saturated rings. The zero-order chi connectivity index (χ0) is 16.7. The standard InChI is InChI=1S/C18H23N3O2S/c1-21-9-12(8-19-21)17(11-6-13(22)7-11)20-18(23)15-10-24-16-5-3-2-4-14(15)16/h8-11,13,17,22H,2-7H2,1H3,(H,20,23). The van der Waals surface area contributed by atoms with Crippen LogP contribution in [-0.2, 0) is 19.9 Å². The van der Waals surface area contributed by atoms with Crippen molar-refractivity contribution in [1.29, 1.82) is 0 Å². The van der Waals surface area contributed by atoms with Gasteiger partial charge in [-0.2, -0.15) is 5.10 Å². The molecule has 0 aliphatic heterocycles. The summed E-state index contributed by atoms with van der Waals surface area (Å²) in [6.07, 6.45) is 9.54. The Bertz CT molecular complexity index is 745. The largest absolute Gasteiger partial charge is 0.393 e. The smallest absolute Gasteiger partial charge is 0.252 e. The van der Waals surface area contributed by atoms with Crippen molar-refractivity contribution >= 4 is 17.2 Å². The van der Waals surface area contributed by atoms with Crippen LogP contribution in [0.5, 0.6) is 0 Å². The molecule has 2 aromatic heterocycles. The molecule has 0 spiro atoms. The second-order valence-corrected chi connectivity index (χ2v) is 8.01. The van der Waals surface area contributed by atoms with Gasteiger partial charge in [0.25, 0.3) is 5.91 Å². The number of rotatable bonds is 4. The Kier molecular flexibility index (Phi) is 4.18. The maximum Gasteiger partial charge on any atom is 0.252 e. The van der Waals surface area contributed by atoms with Crippen LogP contribution in [-0.4, -0.2) is 26.9 Å². The first-order valence-electron chi connectivity index (χ1n) is 8.68. The quantitative estimate of drug-likeness (QED) is 0.895. The van der Waals surface area contributed by atoms with Crippen molar-refractivity contribution in [3.8, 4) is 0 Å². The van der Waals surface area contributed by atoms with Crippen LogP contribution in [0.2, 0.25) is 0 Å². The summed E-state index contributed by atoms with van der Waals surface area (Å²) in [4.78, 5) is 14.3. The number of hydrogen-bond donors (Lipinski definition) is 2. The van der Waals surface area contributed by atoms with E-state index >= 15 is 0 Å². The number of carbonyl (C=O) groups is 1. The number of aliphatic hydroxyl groups excluding tert-OH is 1. The van der Waals surface area contributed by atoms with Crippen LogP contribution in [0.25, 0.3) is 0 Å². The number of aryl methyl sites for hydroxylation is 2. The van der Waals surface area contributed by atoms with Crippen molar-refractivity contribution in [1.82, 2.24) is 15.1 Å². The second kappa shape index (κ2) is 6.33. The fourth-order valence-electron chi connectivity index (χ4n) is 3.88. The van der Waals surface area contributed by atoms with Crippen LogP contribution >= 0.6 is 11.3 Å². The average Bonchev–Trinajstić information content (AvgIpc) is 3.16. The van der Waals surface area contributed by atoms with Gasteiger partial charge in [0.15, 0.2) is 0 Å². The molecule has 0 radical (unpaired) electrons. The van der Waals surface area contributed by atoms with Crippen LogP contribution < -0.4 is 5.32 Å². The third kappa shape index (κ3) is 2.89. The summed E-state index contributed by atoms with van der Waals surface area (Å²) in [6, 6.07) is -0.0752. The molecule has 2 aliphatic carbocycles. The minimum atomic E-state index is -0.236. The van der Waals surface area contributed by atoms with E-state index in [4.69, 9.17) is 0 Å². The van der Waals surface area contributed by atoms with Gasteiger partial charge in [0.05, 0.1) is 23.9 Å². The summed E-state index contributed by atoms with van der Waals surface area (Å²) in [5.41, 5.74) is 3.12. The van der Waals surface area contributed by atoms with Gasteiger partial charge >= 0.3 is 0 Å². The van der Waals surface area contributed by atoms with E-state index in [0.29, 0.717) is 0 Å². The molecule has 6 heteroatoms. The summed E-state index contributed by atoms with van der Waals surface area (Å²) in [7, 11) is 1.88. The predicted octanol–water partition coefficient (Wildman–Crippen LogP) is 2.60. The number of aliphatic hydroxyl groups is 1. The van der Waals surface area contributed by atoms with Crippen LogP contribution in [0.1, 0.15) is 58.1 Å². The lowest BCUT2D eigenvalue weighted by molar-refractivity contribution is 0.0235. The number of amides is 1. The normalized spacial score (nSPS) is 24.1. The lowest BCUT2D eigenvalue weighted by atomic mass is 9.75. The van der Waals surface area contributed by atoms with E-state index in [2.05, 4.69) is 10.4 Å². The number of aromatic nitrogens is 2. The Labute approximate surface area is 145 Å². The highest BCUT2D eigenvalue weighted by atomic mass is 32.1. The molecule has 2 heterocycles. The zero-order valence-electron chi connectivity index (χ0n) is 13.9. The number of nitrogens with zero attached hydrogens (tertiary/aromatic N) is 2. The van der Waals surface area contributed by atoms with Crippen LogP contribution in [0, 0.1) is 5.92 Å². The molecule has 0 bridgehead atoms. The fraction of sp³-hybridized carbons (Fsp3) is 0.556. The molecule has 2 N–H and O–H groups in total. The van der Waals surface area contributed by atoms with Gasteiger partial charge in [-0.05, 0) is 50.0 Å². The third-order valence-corrected chi connectivity index (χ3v) is 6.39. The summed E-state index contributed by atoms with van der Waals surface area (Å²) < 4.78 is 1.76. The van der Waals surface area contributed by atoms with E-state index in [1.807, 2.05) is 24.8 Å². The molecule has 128 valence electrons. The molecular formula is C18H23N3O2S. The van der Waals surface area contributed by atoms with Crippen LogP contribution in [0.15, 0.2) is 17.8 Å². The van der Waals surface area contributed by atoms with E-state index in [1.54, 1.807) is 16.0 Å². The topological polar surface area (TPSA) is 67.2 Å². The van der Waals surface area contributed by atoms with Crippen molar-refractivity contribution in [3.05, 3.63) is 39.3 Å². The highest BCUT2D eigenvalue weighted by Gasteiger charge is 2.36. The molecule has 24 heavy (non-hydrogen) atoms. The minimum Gasteiger partial charge on any atom is -0.393 e. The Morgan fingerprint density at radius 1 is 1.42 bits per heavy atom. The van der Waals surface area contributed by atoms with E-state index < -0.39 is 0 Å². The molecule has 1 unspecified atom stereocenters. The Morgan fingerprint density at radius 2 is 2.21 bits per heavy atom. The van der Waals surface area contributed by atoms with Crippen molar-refractivity contribution in [2.45, 2.75) is 50.7 Å². The molecule has 2 aliphatic rings. The summed E-state index contributed by atoms with van der Waals surface area (Å²) in [5, 5.41) is 19.1. The number of nitrogens with one attached hydrogen (secondary N) is 1. The van der Waals surface area contributed by atoms with Gasteiger partial charge in [0.1, 0.15) is 0 Å². The van der Waals surface area contributed by atoms with Gasteiger partial charge in [-0.25, -0.2) is 0 Å².